The van der Waals surface area contributed by atoms with Crippen molar-refractivity contribution in [3.8, 4) is 0 Å². The summed E-state index contributed by atoms with van der Waals surface area (Å²) in [4.78, 5) is 33.7. The molecule has 2 amide bonds. The SMILES string of the molecule is Cc1cc(C(=O)N2CCCC(C(=O)NCC3CC3)C2)c2cnn(Cc3cccs3)c2n1. The first-order chi connectivity index (χ1) is 15.1. The van der Waals surface area contributed by atoms with Gasteiger partial charge in [0.1, 0.15) is 0 Å². The van der Waals surface area contributed by atoms with Crippen molar-refractivity contribution in [1.29, 1.82) is 0 Å². The molecule has 1 saturated carbocycles. The molecule has 1 aliphatic heterocycles. The van der Waals surface area contributed by atoms with Crippen LogP contribution in [0.15, 0.2) is 29.8 Å². The van der Waals surface area contributed by atoms with Gasteiger partial charge in [-0.1, -0.05) is 6.07 Å². The summed E-state index contributed by atoms with van der Waals surface area (Å²) in [6.45, 7) is 4.47. The lowest BCUT2D eigenvalue weighted by Gasteiger charge is -2.32. The van der Waals surface area contributed by atoms with Crippen molar-refractivity contribution in [2.45, 2.75) is 39.2 Å². The van der Waals surface area contributed by atoms with Gasteiger partial charge in [-0.2, -0.15) is 5.10 Å². The number of aromatic nitrogens is 3. The lowest BCUT2D eigenvalue weighted by Crippen LogP contribution is -2.45. The minimum Gasteiger partial charge on any atom is -0.356 e. The van der Waals surface area contributed by atoms with E-state index >= 15 is 0 Å². The molecule has 31 heavy (non-hydrogen) atoms. The van der Waals surface area contributed by atoms with Gasteiger partial charge in [0.05, 0.1) is 29.6 Å². The fourth-order valence-electron chi connectivity index (χ4n) is 4.27. The predicted molar refractivity (Wildman–Crippen MR) is 120 cm³/mol. The number of thiophene rings is 1. The zero-order chi connectivity index (χ0) is 21.4. The highest BCUT2D eigenvalue weighted by molar-refractivity contribution is 7.09. The first-order valence-electron chi connectivity index (χ1n) is 11.0. The number of nitrogens with one attached hydrogen (secondary N) is 1. The molecule has 162 valence electrons. The van der Waals surface area contributed by atoms with E-state index in [-0.39, 0.29) is 17.7 Å². The molecule has 0 radical (unpaired) electrons. The van der Waals surface area contributed by atoms with E-state index in [1.807, 2.05) is 34.0 Å². The third-order valence-corrected chi connectivity index (χ3v) is 7.06. The summed E-state index contributed by atoms with van der Waals surface area (Å²) in [5.41, 5.74) is 2.14. The number of hydrogen-bond acceptors (Lipinski definition) is 5. The van der Waals surface area contributed by atoms with E-state index in [0.717, 1.165) is 36.1 Å². The lowest BCUT2D eigenvalue weighted by molar-refractivity contribution is -0.126. The van der Waals surface area contributed by atoms with Crippen molar-refractivity contribution in [3.05, 3.63) is 45.9 Å². The van der Waals surface area contributed by atoms with Gasteiger partial charge in [0.25, 0.3) is 5.91 Å². The van der Waals surface area contributed by atoms with Crippen molar-refractivity contribution in [2.24, 2.45) is 11.8 Å². The van der Waals surface area contributed by atoms with Gasteiger partial charge in [-0.25, -0.2) is 9.67 Å². The van der Waals surface area contributed by atoms with E-state index in [4.69, 9.17) is 0 Å². The molecule has 8 heteroatoms. The van der Waals surface area contributed by atoms with Crippen LogP contribution in [0.4, 0.5) is 0 Å². The molecule has 0 spiro atoms. The summed E-state index contributed by atoms with van der Waals surface area (Å²) in [5.74, 6) is 0.579. The number of hydrogen-bond donors (Lipinski definition) is 1. The van der Waals surface area contributed by atoms with Crippen LogP contribution in [0.3, 0.4) is 0 Å². The highest BCUT2D eigenvalue weighted by Gasteiger charge is 2.31. The summed E-state index contributed by atoms with van der Waals surface area (Å²) in [6.07, 6.45) is 5.86. The van der Waals surface area contributed by atoms with Crippen molar-refractivity contribution >= 4 is 34.2 Å². The number of aryl methyl sites for hydroxylation is 1. The first kappa shape index (κ1) is 20.2. The van der Waals surface area contributed by atoms with Crippen molar-refractivity contribution in [1.82, 2.24) is 25.0 Å². The number of rotatable bonds is 6. The number of carbonyl (C=O) groups excluding carboxylic acids is 2. The average Bonchev–Trinajstić information content (AvgIpc) is 3.32. The van der Waals surface area contributed by atoms with Crippen molar-refractivity contribution < 1.29 is 9.59 Å². The van der Waals surface area contributed by atoms with Crippen LogP contribution < -0.4 is 5.32 Å². The minimum absolute atomic E-state index is 0.0362. The molecule has 1 unspecified atom stereocenters. The highest BCUT2D eigenvalue weighted by atomic mass is 32.1. The number of carbonyl (C=O) groups is 2. The van der Waals surface area contributed by atoms with Crippen molar-refractivity contribution in [3.63, 3.8) is 0 Å². The molecule has 1 aliphatic carbocycles. The topological polar surface area (TPSA) is 80.1 Å². The molecule has 7 nitrogen and oxygen atoms in total. The fourth-order valence-corrected chi connectivity index (χ4v) is 4.96. The molecule has 1 saturated heterocycles. The molecule has 1 atom stereocenters. The molecule has 5 rings (SSSR count). The van der Waals surface area contributed by atoms with E-state index in [2.05, 4.69) is 21.5 Å². The van der Waals surface area contributed by atoms with Gasteiger partial charge < -0.3 is 10.2 Å². The van der Waals surface area contributed by atoms with Crippen LogP contribution >= 0.6 is 11.3 Å². The van der Waals surface area contributed by atoms with Gasteiger partial charge >= 0.3 is 0 Å². The zero-order valence-electron chi connectivity index (χ0n) is 17.7. The Bertz CT molecular complexity index is 1100. The molecule has 2 aliphatic rings. The number of pyridine rings is 1. The van der Waals surface area contributed by atoms with Crippen molar-refractivity contribution in [2.75, 3.05) is 19.6 Å². The van der Waals surface area contributed by atoms with Crippen LogP contribution in [0.1, 0.15) is 46.6 Å². The van der Waals surface area contributed by atoms with Crippen LogP contribution in [0.5, 0.6) is 0 Å². The Labute approximate surface area is 185 Å². The molecular weight excluding hydrogens is 410 g/mol. The maximum Gasteiger partial charge on any atom is 0.254 e. The Morgan fingerprint density at radius 3 is 2.94 bits per heavy atom. The second kappa shape index (κ2) is 8.42. The van der Waals surface area contributed by atoms with Gasteiger partial charge in [-0.3, -0.25) is 9.59 Å². The van der Waals surface area contributed by atoms with E-state index in [9.17, 15) is 9.59 Å². The molecule has 1 N–H and O–H groups in total. The number of likely N-dealkylation sites (tertiary alicyclic amines) is 1. The van der Waals surface area contributed by atoms with E-state index in [1.54, 1.807) is 17.5 Å². The Balaban J connectivity index is 1.36. The van der Waals surface area contributed by atoms with Crippen LogP contribution in [0.2, 0.25) is 0 Å². The Morgan fingerprint density at radius 2 is 2.16 bits per heavy atom. The summed E-state index contributed by atoms with van der Waals surface area (Å²) in [5, 5.41) is 10.4. The molecule has 4 heterocycles. The van der Waals surface area contributed by atoms with Crippen LogP contribution in [-0.2, 0) is 11.3 Å². The first-order valence-corrected chi connectivity index (χ1v) is 11.9. The summed E-state index contributed by atoms with van der Waals surface area (Å²) < 4.78 is 1.86. The third kappa shape index (κ3) is 4.35. The summed E-state index contributed by atoms with van der Waals surface area (Å²) in [7, 11) is 0. The quantitative estimate of drug-likeness (QED) is 0.642. The fraction of sp³-hybridized carbons (Fsp3) is 0.478. The standard InChI is InChI=1S/C23H27N5O2S/c1-15-10-19(20-12-25-28(21(20)26-15)14-18-5-3-9-31-18)23(30)27-8-2-4-17(13-27)22(29)24-11-16-6-7-16/h3,5,9-10,12,16-17H,2,4,6-8,11,13-14H2,1H3,(H,24,29). The number of piperidine rings is 1. The smallest absolute Gasteiger partial charge is 0.254 e. The van der Waals surface area contributed by atoms with E-state index in [0.29, 0.717) is 31.1 Å². The highest BCUT2D eigenvalue weighted by Crippen LogP contribution is 2.28. The molecule has 0 aromatic carbocycles. The second-order valence-electron chi connectivity index (χ2n) is 8.71. The number of fused-ring (bicyclic) bond motifs is 1. The Kier molecular flexibility index (Phi) is 5.48. The maximum absolute atomic E-state index is 13.5. The molecule has 3 aromatic heterocycles. The zero-order valence-corrected chi connectivity index (χ0v) is 18.5. The summed E-state index contributed by atoms with van der Waals surface area (Å²) >= 11 is 1.68. The Hall–Kier alpha value is -2.74. The second-order valence-corrected chi connectivity index (χ2v) is 9.74. The van der Waals surface area contributed by atoms with E-state index in [1.165, 1.54) is 17.7 Å². The monoisotopic (exact) mass is 437 g/mol. The number of nitrogens with zero attached hydrogens (tertiary/aromatic N) is 4. The van der Waals surface area contributed by atoms with Gasteiger partial charge in [0.2, 0.25) is 5.91 Å². The van der Waals surface area contributed by atoms with Gasteiger partial charge in [-0.05, 0) is 56.0 Å². The average molecular weight is 438 g/mol. The predicted octanol–water partition coefficient (Wildman–Crippen LogP) is 3.23. The van der Waals surface area contributed by atoms with Gasteiger partial charge in [0.15, 0.2) is 5.65 Å². The maximum atomic E-state index is 13.5. The molecular formula is C23H27N5O2S. The largest absolute Gasteiger partial charge is 0.356 e. The molecule has 3 aromatic rings. The van der Waals surface area contributed by atoms with Crippen LogP contribution in [0, 0.1) is 18.8 Å². The van der Waals surface area contributed by atoms with Crippen LogP contribution in [-0.4, -0.2) is 51.1 Å². The summed E-state index contributed by atoms with van der Waals surface area (Å²) in [6, 6.07) is 5.94. The molecule has 2 fully saturated rings. The normalized spacial score (nSPS) is 19.0. The number of amides is 2. The van der Waals surface area contributed by atoms with Gasteiger partial charge in [0, 0.05) is 30.2 Å². The third-order valence-electron chi connectivity index (χ3n) is 6.19. The lowest BCUT2D eigenvalue weighted by atomic mass is 9.96. The molecule has 0 bridgehead atoms. The van der Waals surface area contributed by atoms with E-state index < -0.39 is 0 Å². The van der Waals surface area contributed by atoms with Crippen LogP contribution in [0.25, 0.3) is 11.0 Å². The van der Waals surface area contributed by atoms with Gasteiger partial charge in [-0.15, -0.1) is 11.3 Å². The minimum atomic E-state index is -0.128. The Morgan fingerprint density at radius 1 is 1.29 bits per heavy atom.